The van der Waals surface area contributed by atoms with Gasteiger partial charge in [0.2, 0.25) is 5.95 Å². The van der Waals surface area contributed by atoms with Gasteiger partial charge in [0.1, 0.15) is 0 Å². The highest BCUT2D eigenvalue weighted by atomic mass is 32.1. The number of rotatable bonds is 4. The molecule has 3 rings (SSSR count). The number of thiophene rings is 1. The minimum absolute atomic E-state index is 0.0584. The molecule has 0 saturated heterocycles. The second-order valence-electron chi connectivity index (χ2n) is 4.39. The van der Waals surface area contributed by atoms with E-state index in [1.807, 2.05) is 42.6 Å². The van der Waals surface area contributed by atoms with E-state index in [0.29, 0.717) is 23.4 Å². The molecule has 0 spiro atoms. The maximum atomic E-state index is 12.4. The van der Waals surface area contributed by atoms with E-state index in [1.165, 1.54) is 0 Å². The first-order valence-electron chi connectivity index (χ1n) is 6.61. The van der Waals surface area contributed by atoms with Crippen molar-refractivity contribution >= 4 is 34.4 Å². The van der Waals surface area contributed by atoms with Gasteiger partial charge in [0.25, 0.3) is 5.56 Å². The van der Waals surface area contributed by atoms with E-state index < -0.39 is 0 Å². The van der Waals surface area contributed by atoms with Crippen LogP contribution in [0.5, 0.6) is 0 Å². The normalized spacial score (nSPS) is 11.3. The maximum Gasteiger partial charge on any atom is 0.262 e. The molecule has 3 aromatic rings. The molecular weight excluding hydrogens is 284 g/mol. The molecule has 21 heavy (non-hydrogen) atoms. The molecule has 0 saturated carbocycles. The number of para-hydroxylation sites is 1. The standard InChI is InChI=1S/C15H14N4OS/c1-2-19-14(20)12-7-3-4-8-13(12)17-15(19)18-16-10-11-6-5-9-21-11/h3-10H,2H2,1H3,(H,17,18)/b16-10-. The summed E-state index contributed by atoms with van der Waals surface area (Å²) in [6, 6.07) is 11.2. The number of hydrogen-bond donors (Lipinski definition) is 1. The maximum absolute atomic E-state index is 12.4. The van der Waals surface area contributed by atoms with Gasteiger partial charge in [-0.1, -0.05) is 18.2 Å². The first-order chi connectivity index (χ1) is 10.3. The third-order valence-electron chi connectivity index (χ3n) is 3.08. The van der Waals surface area contributed by atoms with Crippen LogP contribution in [0.1, 0.15) is 11.8 Å². The lowest BCUT2D eigenvalue weighted by Gasteiger charge is -2.10. The van der Waals surface area contributed by atoms with Crippen LogP contribution < -0.4 is 11.0 Å². The van der Waals surface area contributed by atoms with Gasteiger partial charge in [0.05, 0.1) is 17.1 Å². The van der Waals surface area contributed by atoms with Gasteiger partial charge in [-0.3, -0.25) is 9.36 Å². The highest BCUT2D eigenvalue weighted by molar-refractivity contribution is 7.11. The number of anilines is 1. The summed E-state index contributed by atoms with van der Waals surface area (Å²) in [6.45, 7) is 2.44. The molecule has 0 atom stereocenters. The molecule has 0 fully saturated rings. The minimum Gasteiger partial charge on any atom is -0.277 e. The zero-order valence-corrected chi connectivity index (χ0v) is 12.3. The number of hydrazone groups is 1. The van der Waals surface area contributed by atoms with Crippen molar-refractivity contribution < 1.29 is 0 Å². The van der Waals surface area contributed by atoms with Gasteiger partial charge in [0.15, 0.2) is 0 Å². The van der Waals surface area contributed by atoms with E-state index in [1.54, 1.807) is 28.2 Å². The Kier molecular flexibility index (Phi) is 3.79. The Bertz CT molecular complexity index is 837. The molecule has 0 bridgehead atoms. The summed E-state index contributed by atoms with van der Waals surface area (Å²) < 4.78 is 1.58. The van der Waals surface area contributed by atoms with Crippen LogP contribution in [0.4, 0.5) is 5.95 Å². The molecule has 6 heteroatoms. The number of nitrogens with zero attached hydrogens (tertiary/aromatic N) is 3. The molecular formula is C15H14N4OS. The predicted molar refractivity (Wildman–Crippen MR) is 87.2 cm³/mol. The molecule has 5 nitrogen and oxygen atoms in total. The fraction of sp³-hybridized carbons (Fsp3) is 0.133. The fourth-order valence-corrected chi connectivity index (χ4v) is 2.65. The van der Waals surface area contributed by atoms with Crippen molar-refractivity contribution in [2.24, 2.45) is 5.10 Å². The number of fused-ring (bicyclic) bond motifs is 1. The largest absolute Gasteiger partial charge is 0.277 e. The van der Waals surface area contributed by atoms with Gasteiger partial charge in [-0.15, -0.1) is 11.3 Å². The van der Waals surface area contributed by atoms with E-state index in [4.69, 9.17) is 0 Å². The second-order valence-corrected chi connectivity index (χ2v) is 5.37. The van der Waals surface area contributed by atoms with Crippen molar-refractivity contribution in [1.82, 2.24) is 9.55 Å². The van der Waals surface area contributed by atoms with Gasteiger partial charge in [-0.05, 0) is 30.5 Å². The van der Waals surface area contributed by atoms with E-state index in [0.717, 1.165) is 4.88 Å². The molecule has 0 unspecified atom stereocenters. The summed E-state index contributed by atoms with van der Waals surface area (Å²) in [5, 5.41) is 6.76. The molecule has 1 N–H and O–H groups in total. The Morgan fingerprint density at radius 2 is 2.19 bits per heavy atom. The Morgan fingerprint density at radius 3 is 2.95 bits per heavy atom. The number of aromatic nitrogens is 2. The predicted octanol–water partition coefficient (Wildman–Crippen LogP) is 2.92. The topological polar surface area (TPSA) is 59.3 Å². The van der Waals surface area contributed by atoms with Crippen molar-refractivity contribution in [3.8, 4) is 0 Å². The molecule has 106 valence electrons. The SMILES string of the molecule is CCn1c(N/N=C\c2cccs2)nc2ccccc2c1=O. The highest BCUT2D eigenvalue weighted by Crippen LogP contribution is 2.11. The van der Waals surface area contributed by atoms with Crippen LogP contribution in [-0.2, 0) is 6.54 Å². The third-order valence-corrected chi connectivity index (χ3v) is 3.88. The van der Waals surface area contributed by atoms with Crippen molar-refractivity contribution in [3.63, 3.8) is 0 Å². The lowest BCUT2D eigenvalue weighted by molar-refractivity contribution is 0.724. The average molecular weight is 298 g/mol. The Balaban J connectivity index is 1.99. The number of hydrogen-bond acceptors (Lipinski definition) is 5. The number of benzene rings is 1. The van der Waals surface area contributed by atoms with Gasteiger partial charge in [0, 0.05) is 11.4 Å². The summed E-state index contributed by atoms with van der Waals surface area (Å²) in [7, 11) is 0. The fourth-order valence-electron chi connectivity index (χ4n) is 2.07. The molecule has 0 radical (unpaired) electrons. The molecule has 2 aromatic heterocycles. The first kappa shape index (κ1) is 13.5. The van der Waals surface area contributed by atoms with Crippen LogP contribution in [0, 0.1) is 0 Å². The third kappa shape index (κ3) is 2.71. The van der Waals surface area contributed by atoms with Crippen LogP contribution in [0.25, 0.3) is 10.9 Å². The Morgan fingerprint density at radius 1 is 1.33 bits per heavy atom. The van der Waals surface area contributed by atoms with Crippen LogP contribution in [-0.4, -0.2) is 15.8 Å². The Labute approximate surface area is 125 Å². The molecule has 1 aromatic carbocycles. The minimum atomic E-state index is -0.0584. The quantitative estimate of drug-likeness (QED) is 0.595. The van der Waals surface area contributed by atoms with E-state index in [2.05, 4.69) is 15.5 Å². The zero-order chi connectivity index (χ0) is 14.7. The van der Waals surface area contributed by atoms with Crippen molar-refractivity contribution in [2.75, 3.05) is 5.43 Å². The monoisotopic (exact) mass is 298 g/mol. The van der Waals surface area contributed by atoms with Crippen molar-refractivity contribution in [3.05, 3.63) is 57.0 Å². The van der Waals surface area contributed by atoms with E-state index in [-0.39, 0.29) is 5.56 Å². The van der Waals surface area contributed by atoms with E-state index in [9.17, 15) is 4.79 Å². The van der Waals surface area contributed by atoms with Crippen molar-refractivity contribution in [1.29, 1.82) is 0 Å². The molecule has 0 aliphatic heterocycles. The lowest BCUT2D eigenvalue weighted by Crippen LogP contribution is -2.23. The summed E-state index contributed by atoms with van der Waals surface area (Å²) in [4.78, 5) is 17.9. The van der Waals surface area contributed by atoms with Gasteiger partial charge in [-0.25, -0.2) is 10.4 Å². The highest BCUT2D eigenvalue weighted by Gasteiger charge is 2.08. The van der Waals surface area contributed by atoms with E-state index >= 15 is 0 Å². The van der Waals surface area contributed by atoms with Crippen LogP contribution in [0.15, 0.2) is 51.7 Å². The summed E-state index contributed by atoms with van der Waals surface area (Å²) in [5.74, 6) is 0.453. The smallest absolute Gasteiger partial charge is 0.262 e. The summed E-state index contributed by atoms with van der Waals surface area (Å²) >= 11 is 1.60. The van der Waals surface area contributed by atoms with Crippen LogP contribution in [0.2, 0.25) is 0 Å². The molecule has 0 amide bonds. The molecule has 0 aliphatic carbocycles. The molecule has 2 heterocycles. The summed E-state index contributed by atoms with van der Waals surface area (Å²) in [6.07, 6.45) is 1.71. The van der Waals surface area contributed by atoms with Crippen molar-refractivity contribution in [2.45, 2.75) is 13.5 Å². The van der Waals surface area contributed by atoms with Crippen LogP contribution >= 0.6 is 11.3 Å². The second kappa shape index (κ2) is 5.88. The first-order valence-corrected chi connectivity index (χ1v) is 7.49. The summed E-state index contributed by atoms with van der Waals surface area (Å²) in [5.41, 5.74) is 3.47. The zero-order valence-electron chi connectivity index (χ0n) is 11.5. The van der Waals surface area contributed by atoms with Gasteiger partial charge >= 0.3 is 0 Å². The number of nitrogens with one attached hydrogen (secondary N) is 1. The average Bonchev–Trinajstić information content (AvgIpc) is 3.01. The van der Waals surface area contributed by atoms with Gasteiger partial charge < -0.3 is 0 Å². The van der Waals surface area contributed by atoms with Crippen LogP contribution in [0.3, 0.4) is 0 Å². The lowest BCUT2D eigenvalue weighted by atomic mass is 10.2. The molecule has 0 aliphatic rings. The van der Waals surface area contributed by atoms with Gasteiger partial charge in [-0.2, -0.15) is 5.10 Å². The Hall–Kier alpha value is -2.47.